The van der Waals surface area contributed by atoms with E-state index in [4.69, 9.17) is 9.47 Å². The third-order valence-electron chi connectivity index (χ3n) is 4.61. The molecule has 0 fully saturated rings. The van der Waals surface area contributed by atoms with Gasteiger partial charge in [0.15, 0.2) is 0 Å². The van der Waals surface area contributed by atoms with Gasteiger partial charge < -0.3 is 9.47 Å². The highest BCUT2D eigenvalue weighted by Crippen LogP contribution is 2.25. The molecule has 1 aromatic rings. The van der Waals surface area contributed by atoms with Crippen molar-refractivity contribution in [3.8, 4) is 5.75 Å². The van der Waals surface area contributed by atoms with Crippen LogP contribution < -0.4 is 4.74 Å². The van der Waals surface area contributed by atoms with E-state index in [1.165, 1.54) is 76.0 Å². The normalized spacial score (nSPS) is 10.7. The number of ether oxygens (including phenoxy) is 2. The number of carbonyl (C=O) groups is 1. The molecule has 0 spiro atoms. The molecule has 3 nitrogen and oxygen atoms in total. The average molecular weight is 335 g/mol. The van der Waals surface area contributed by atoms with E-state index < -0.39 is 0 Å². The average Bonchev–Trinajstić information content (AvgIpc) is 2.60. The molecule has 1 aromatic carbocycles. The summed E-state index contributed by atoms with van der Waals surface area (Å²) in [6, 6.07) is 3.88. The molecule has 0 N–H and O–H groups in total. The van der Waals surface area contributed by atoms with Gasteiger partial charge in [0.05, 0.1) is 14.2 Å². The van der Waals surface area contributed by atoms with Crippen LogP contribution in [0.25, 0.3) is 0 Å². The largest absolute Gasteiger partial charge is 0.496 e. The minimum absolute atomic E-state index is 0.333. The van der Waals surface area contributed by atoms with Crippen molar-refractivity contribution in [1.29, 1.82) is 0 Å². The van der Waals surface area contributed by atoms with Gasteiger partial charge in [-0.2, -0.15) is 0 Å². The third-order valence-corrected chi connectivity index (χ3v) is 4.61. The predicted molar refractivity (Wildman–Crippen MR) is 100 cm³/mol. The Morgan fingerprint density at radius 1 is 0.917 bits per heavy atom. The monoisotopic (exact) mass is 334 g/mol. The van der Waals surface area contributed by atoms with Crippen LogP contribution in [-0.2, 0) is 11.2 Å². The molecular formula is C21H34O3. The molecule has 0 bridgehead atoms. The van der Waals surface area contributed by atoms with Crippen LogP contribution in [0, 0.1) is 6.92 Å². The van der Waals surface area contributed by atoms with Gasteiger partial charge in [0.1, 0.15) is 11.3 Å². The first-order valence-corrected chi connectivity index (χ1v) is 9.39. The van der Waals surface area contributed by atoms with E-state index in [1.807, 2.05) is 12.1 Å². The van der Waals surface area contributed by atoms with Crippen LogP contribution in [0.5, 0.6) is 5.75 Å². The quantitative estimate of drug-likeness (QED) is 0.354. The van der Waals surface area contributed by atoms with E-state index in [9.17, 15) is 4.79 Å². The zero-order valence-electron chi connectivity index (χ0n) is 16.0. The van der Waals surface area contributed by atoms with E-state index >= 15 is 0 Å². The van der Waals surface area contributed by atoms with Crippen LogP contribution in [0.15, 0.2) is 12.1 Å². The van der Waals surface area contributed by atoms with Crippen molar-refractivity contribution in [2.24, 2.45) is 0 Å². The van der Waals surface area contributed by atoms with Gasteiger partial charge in [-0.1, -0.05) is 58.3 Å². The number of unbranched alkanes of at least 4 members (excludes halogenated alkanes) is 8. The molecule has 1 rings (SSSR count). The lowest BCUT2D eigenvalue weighted by molar-refractivity contribution is 0.0597. The highest BCUT2D eigenvalue weighted by atomic mass is 16.5. The molecule has 0 radical (unpaired) electrons. The maximum Gasteiger partial charge on any atom is 0.341 e. The minimum Gasteiger partial charge on any atom is -0.496 e. The second kappa shape index (κ2) is 11.9. The number of esters is 1. The topological polar surface area (TPSA) is 35.5 Å². The van der Waals surface area contributed by atoms with Gasteiger partial charge in [-0.15, -0.1) is 0 Å². The summed E-state index contributed by atoms with van der Waals surface area (Å²) in [5.74, 6) is 0.260. The molecule has 0 aliphatic rings. The summed E-state index contributed by atoms with van der Waals surface area (Å²) in [4.78, 5) is 11.9. The molecule has 0 unspecified atom stereocenters. The lowest BCUT2D eigenvalue weighted by atomic mass is 9.98. The number of aryl methyl sites for hydroxylation is 2. The smallest absolute Gasteiger partial charge is 0.341 e. The number of rotatable bonds is 12. The Morgan fingerprint density at radius 2 is 1.50 bits per heavy atom. The maximum absolute atomic E-state index is 11.9. The van der Waals surface area contributed by atoms with Crippen molar-refractivity contribution in [2.45, 2.75) is 78.1 Å². The summed E-state index contributed by atoms with van der Waals surface area (Å²) >= 11 is 0. The van der Waals surface area contributed by atoms with Crippen molar-refractivity contribution in [2.75, 3.05) is 14.2 Å². The summed E-state index contributed by atoms with van der Waals surface area (Å²) in [5.41, 5.74) is 2.93. The van der Waals surface area contributed by atoms with Gasteiger partial charge in [0.2, 0.25) is 0 Å². The standard InChI is InChI=1S/C21H34O3/c1-5-6-7-8-9-10-11-12-13-14-18-16-19(21(22)24-4)20(23-3)15-17(18)2/h15-16H,5-14H2,1-4H3. The van der Waals surface area contributed by atoms with Crippen LogP contribution in [0.3, 0.4) is 0 Å². The summed E-state index contributed by atoms with van der Waals surface area (Å²) in [5, 5.41) is 0. The molecule has 0 saturated heterocycles. The Morgan fingerprint density at radius 3 is 2.04 bits per heavy atom. The van der Waals surface area contributed by atoms with Crippen molar-refractivity contribution >= 4 is 5.97 Å². The molecule has 24 heavy (non-hydrogen) atoms. The van der Waals surface area contributed by atoms with E-state index in [0.717, 1.165) is 6.42 Å². The predicted octanol–water partition coefficient (Wildman–Crippen LogP) is 5.86. The zero-order chi connectivity index (χ0) is 17.8. The zero-order valence-corrected chi connectivity index (χ0v) is 16.0. The van der Waals surface area contributed by atoms with Crippen LogP contribution in [-0.4, -0.2) is 20.2 Å². The molecule has 0 aromatic heterocycles. The third kappa shape index (κ3) is 6.94. The van der Waals surface area contributed by atoms with Crippen LogP contribution in [0.4, 0.5) is 0 Å². The van der Waals surface area contributed by atoms with Gasteiger partial charge in [0.25, 0.3) is 0 Å². The highest BCUT2D eigenvalue weighted by molar-refractivity contribution is 5.92. The molecule has 136 valence electrons. The van der Waals surface area contributed by atoms with Gasteiger partial charge in [-0.05, 0) is 43.0 Å². The fourth-order valence-electron chi connectivity index (χ4n) is 3.06. The molecular weight excluding hydrogens is 300 g/mol. The lowest BCUT2D eigenvalue weighted by Gasteiger charge is -2.12. The van der Waals surface area contributed by atoms with Crippen LogP contribution in [0.2, 0.25) is 0 Å². The summed E-state index contributed by atoms with van der Waals surface area (Å²) in [6.07, 6.45) is 12.9. The summed E-state index contributed by atoms with van der Waals surface area (Å²) in [7, 11) is 2.99. The molecule has 0 amide bonds. The van der Waals surface area contributed by atoms with Crippen molar-refractivity contribution in [3.63, 3.8) is 0 Å². The van der Waals surface area contributed by atoms with Crippen molar-refractivity contribution in [1.82, 2.24) is 0 Å². The van der Waals surface area contributed by atoms with E-state index in [1.54, 1.807) is 7.11 Å². The molecule has 0 atom stereocenters. The van der Waals surface area contributed by atoms with Gasteiger partial charge >= 0.3 is 5.97 Å². The van der Waals surface area contributed by atoms with Gasteiger partial charge in [-0.3, -0.25) is 0 Å². The Balaban J connectivity index is 2.41. The van der Waals surface area contributed by atoms with E-state index in [2.05, 4.69) is 13.8 Å². The van der Waals surface area contributed by atoms with E-state index in [-0.39, 0.29) is 5.97 Å². The van der Waals surface area contributed by atoms with Crippen molar-refractivity contribution < 1.29 is 14.3 Å². The number of methoxy groups -OCH3 is 2. The number of hydrogen-bond acceptors (Lipinski definition) is 3. The van der Waals surface area contributed by atoms with Crippen LogP contribution in [0.1, 0.15) is 86.2 Å². The fraction of sp³-hybridized carbons (Fsp3) is 0.667. The molecule has 3 heteroatoms. The fourth-order valence-corrected chi connectivity index (χ4v) is 3.06. The molecule has 0 aliphatic carbocycles. The maximum atomic E-state index is 11.9. The Labute approximate surface area is 147 Å². The number of benzene rings is 1. The number of hydrogen-bond donors (Lipinski definition) is 0. The van der Waals surface area contributed by atoms with E-state index in [0.29, 0.717) is 11.3 Å². The summed E-state index contributed by atoms with van der Waals surface area (Å²) in [6.45, 7) is 4.33. The SMILES string of the molecule is CCCCCCCCCCCc1cc(C(=O)OC)c(OC)cc1C. The summed E-state index contributed by atoms with van der Waals surface area (Å²) < 4.78 is 10.2. The molecule has 0 saturated carbocycles. The Bertz CT molecular complexity index is 494. The van der Waals surface area contributed by atoms with Gasteiger partial charge in [0, 0.05) is 0 Å². The molecule has 0 heterocycles. The first-order valence-electron chi connectivity index (χ1n) is 9.39. The minimum atomic E-state index is -0.333. The Hall–Kier alpha value is -1.51. The van der Waals surface area contributed by atoms with Crippen molar-refractivity contribution in [3.05, 3.63) is 28.8 Å². The number of carbonyl (C=O) groups excluding carboxylic acids is 1. The molecule has 0 aliphatic heterocycles. The Kier molecular flexibility index (Phi) is 10.2. The second-order valence-corrected chi connectivity index (χ2v) is 6.55. The first-order chi connectivity index (χ1) is 11.6. The first kappa shape index (κ1) is 20.5. The second-order valence-electron chi connectivity index (χ2n) is 6.55. The highest BCUT2D eigenvalue weighted by Gasteiger charge is 2.15. The lowest BCUT2D eigenvalue weighted by Crippen LogP contribution is -2.06. The van der Waals surface area contributed by atoms with Gasteiger partial charge in [-0.25, -0.2) is 4.79 Å². The van der Waals surface area contributed by atoms with Crippen LogP contribution >= 0.6 is 0 Å².